The molecule has 0 bridgehead atoms. The third-order valence-electron chi connectivity index (χ3n) is 9.68. The van der Waals surface area contributed by atoms with Gasteiger partial charge in [0.15, 0.2) is 0 Å². The Morgan fingerprint density at radius 2 is 1.64 bits per heavy atom. The number of morpholine rings is 1. The molecule has 1 amide bonds. The van der Waals surface area contributed by atoms with E-state index in [1.54, 1.807) is 0 Å². The Hall–Kier alpha value is -4.56. The van der Waals surface area contributed by atoms with Gasteiger partial charge in [-0.25, -0.2) is 4.74 Å². The lowest BCUT2D eigenvalue weighted by molar-refractivity contribution is -0.384. The number of nitrogens with zero attached hydrogens (tertiary/aromatic N) is 5. The molecule has 0 spiro atoms. The molecule has 0 aliphatic carbocycles. The minimum Gasteiger partial charge on any atom is -0.379 e. The molecule has 1 saturated heterocycles. The summed E-state index contributed by atoms with van der Waals surface area (Å²) in [6.07, 6.45) is 0. The maximum Gasteiger partial charge on any atom is 0.277 e. The molecule has 3 heterocycles. The number of ether oxygens (including phenoxy) is 1. The van der Waals surface area contributed by atoms with E-state index in [4.69, 9.17) is 9.48 Å². The van der Waals surface area contributed by atoms with Crippen molar-refractivity contribution < 1.29 is 14.5 Å². The predicted octanol–water partition coefficient (Wildman–Crippen LogP) is 7.91. The van der Waals surface area contributed by atoms with E-state index in [0.29, 0.717) is 31.9 Å². The number of anilines is 1. The third-order valence-corrected chi connectivity index (χ3v) is 13.1. The van der Waals surface area contributed by atoms with Crippen LogP contribution in [0.5, 0.6) is 0 Å². The lowest BCUT2D eigenvalue weighted by Gasteiger charge is -2.39. The van der Waals surface area contributed by atoms with Crippen LogP contribution >= 0.6 is 7.21 Å². The number of nitro benzene ring substituents is 1. The van der Waals surface area contributed by atoms with Gasteiger partial charge >= 0.3 is 0 Å². The minimum absolute atomic E-state index is 0.0669. The van der Waals surface area contributed by atoms with Gasteiger partial charge in [-0.2, -0.15) is 0 Å². The van der Waals surface area contributed by atoms with E-state index in [2.05, 4.69) is 115 Å². The molecule has 1 unspecified atom stereocenters. The number of aryl methyl sites for hydroxylation is 1. The van der Waals surface area contributed by atoms with E-state index < -0.39 is 18.0 Å². The number of amides is 1. The van der Waals surface area contributed by atoms with E-state index in [-0.39, 0.29) is 11.1 Å². The minimum atomic E-state index is -2.97. The van der Waals surface area contributed by atoms with Crippen molar-refractivity contribution in [2.75, 3.05) is 38.3 Å². The summed E-state index contributed by atoms with van der Waals surface area (Å²) in [6.45, 7) is 9.73. The van der Waals surface area contributed by atoms with Crippen molar-refractivity contribution in [2.24, 2.45) is 4.74 Å². The summed E-state index contributed by atoms with van der Waals surface area (Å²) in [5, 5.41) is 14.6. The molecule has 2 aliphatic heterocycles. The van der Waals surface area contributed by atoms with Gasteiger partial charge in [-0.15, -0.1) is 0 Å². The maximum atomic E-state index is 14.3. The molecule has 0 N–H and O–H groups in total. The second-order valence-corrected chi connectivity index (χ2v) is 15.4. The van der Waals surface area contributed by atoms with Crippen LogP contribution in [0.2, 0.25) is 0 Å². The largest absolute Gasteiger partial charge is 0.379 e. The molecule has 240 valence electrons. The fraction of sp³-hybridized carbons (Fsp3) is 0.270. The predicted molar refractivity (Wildman–Crippen MR) is 190 cm³/mol. The van der Waals surface area contributed by atoms with Crippen LogP contribution in [0, 0.1) is 10.1 Å². The average molecular weight is 648 g/mol. The van der Waals surface area contributed by atoms with Crippen molar-refractivity contribution in [2.45, 2.75) is 32.7 Å². The summed E-state index contributed by atoms with van der Waals surface area (Å²) in [4.78, 5) is 27.5. The van der Waals surface area contributed by atoms with Gasteiger partial charge in [0.1, 0.15) is 0 Å². The summed E-state index contributed by atoms with van der Waals surface area (Å²) in [5.41, 5.74) is 5.63. The van der Waals surface area contributed by atoms with Crippen LogP contribution in [-0.4, -0.2) is 53.4 Å². The lowest BCUT2D eigenvalue weighted by atomic mass is 9.84. The van der Waals surface area contributed by atoms with Crippen LogP contribution < -0.4 is 10.2 Å². The number of allylic oxidation sites excluding steroid dienone is 1. The summed E-state index contributed by atoms with van der Waals surface area (Å²) in [7, 11) is -0.884. The highest BCUT2D eigenvalue weighted by molar-refractivity contribution is 7.75. The first-order valence-electron chi connectivity index (χ1n) is 16.0. The number of benzene rings is 4. The van der Waals surface area contributed by atoms with E-state index in [1.807, 2.05) is 0 Å². The molecule has 5 aromatic rings. The monoisotopic (exact) mass is 647 g/mol. The van der Waals surface area contributed by atoms with Crippen LogP contribution in [0.1, 0.15) is 36.7 Å². The molecular weight excluding hydrogens is 609 g/mol. The Bertz CT molecular complexity index is 2130. The van der Waals surface area contributed by atoms with E-state index in [9.17, 15) is 14.9 Å². The van der Waals surface area contributed by atoms with E-state index >= 15 is 0 Å². The topological polar surface area (TPSA) is 93.2 Å². The SMILES string of the molecule is CCn1c2ccccc2c2cc(P(/C=C3/N(C)c4ccccc4C3(C)C)(=NC(=O)c3ccc([N+](=O)[O-])cc3)N3CCOCC3)ccc21. The van der Waals surface area contributed by atoms with Crippen molar-refractivity contribution in [3.63, 3.8) is 0 Å². The van der Waals surface area contributed by atoms with Crippen molar-refractivity contribution in [3.05, 3.63) is 124 Å². The molecule has 1 aromatic heterocycles. The molecule has 7 rings (SSSR count). The molecule has 10 heteroatoms. The van der Waals surface area contributed by atoms with Gasteiger partial charge in [-0.3, -0.25) is 19.6 Å². The number of likely N-dealkylation sites (N-methyl/N-ethyl adjacent to an activating group) is 1. The van der Waals surface area contributed by atoms with Gasteiger partial charge in [0, 0.05) is 88.3 Å². The molecule has 47 heavy (non-hydrogen) atoms. The highest BCUT2D eigenvalue weighted by atomic mass is 31.2. The number of carbonyl (C=O) groups excluding carboxylic acids is 1. The fourth-order valence-corrected chi connectivity index (χ4v) is 10.8. The fourth-order valence-electron chi connectivity index (χ4n) is 7.24. The zero-order chi connectivity index (χ0) is 32.9. The maximum absolute atomic E-state index is 14.3. The third kappa shape index (κ3) is 5.10. The first-order valence-corrected chi connectivity index (χ1v) is 17.7. The van der Waals surface area contributed by atoms with Crippen LogP contribution in [0.3, 0.4) is 0 Å². The zero-order valence-corrected chi connectivity index (χ0v) is 28.0. The molecule has 9 nitrogen and oxygen atoms in total. The Balaban J connectivity index is 1.54. The smallest absolute Gasteiger partial charge is 0.277 e. The number of non-ortho nitro benzene ring substituents is 1. The molecule has 0 saturated carbocycles. The number of para-hydroxylation sites is 2. The van der Waals surface area contributed by atoms with Crippen LogP contribution in [0.15, 0.2) is 107 Å². The quantitative estimate of drug-likeness (QED) is 0.106. The van der Waals surface area contributed by atoms with Crippen molar-refractivity contribution in [1.29, 1.82) is 0 Å². The van der Waals surface area contributed by atoms with E-state index in [0.717, 1.165) is 39.5 Å². The van der Waals surface area contributed by atoms with Gasteiger partial charge < -0.3 is 14.2 Å². The molecule has 0 radical (unpaired) electrons. The number of rotatable bonds is 6. The van der Waals surface area contributed by atoms with Crippen LogP contribution in [0.25, 0.3) is 21.8 Å². The Kier molecular flexibility index (Phi) is 7.87. The molecule has 1 atom stereocenters. The van der Waals surface area contributed by atoms with Crippen LogP contribution in [-0.2, 0) is 16.7 Å². The van der Waals surface area contributed by atoms with Gasteiger partial charge in [-0.1, -0.05) is 50.2 Å². The summed E-state index contributed by atoms with van der Waals surface area (Å²) in [6, 6.07) is 29.2. The summed E-state index contributed by atoms with van der Waals surface area (Å²) in [5.74, 6) is 1.88. The lowest BCUT2D eigenvalue weighted by Crippen LogP contribution is -2.37. The first kappa shape index (κ1) is 31.1. The normalized spacial score (nSPS) is 18.4. The Morgan fingerprint density at radius 1 is 0.957 bits per heavy atom. The molecule has 2 aliphatic rings. The number of aromatic nitrogens is 1. The second-order valence-electron chi connectivity index (χ2n) is 12.6. The number of hydrogen-bond acceptors (Lipinski definition) is 5. The second kappa shape index (κ2) is 11.9. The number of nitro groups is 1. The highest BCUT2D eigenvalue weighted by Crippen LogP contribution is 2.59. The Labute approximate surface area is 274 Å². The zero-order valence-electron chi connectivity index (χ0n) is 27.1. The van der Waals surface area contributed by atoms with Crippen molar-refractivity contribution >= 4 is 51.6 Å². The van der Waals surface area contributed by atoms with Gasteiger partial charge in [0.2, 0.25) is 0 Å². The highest BCUT2D eigenvalue weighted by Gasteiger charge is 2.42. The molecular formula is C37H38N5O4P. The van der Waals surface area contributed by atoms with Gasteiger partial charge in [-0.05, 0) is 60.8 Å². The Morgan fingerprint density at radius 3 is 2.34 bits per heavy atom. The number of carbonyl (C=O) groups is 1. The number of hydrogen-bond donors (Lipinski definition) is 0. The summed E-state index contributed by atoms with van der Waals surface area (Å²) >= 11 is 0. The van der Waals surface area contributed by atoms with Crippen molar-refractivity contribution in [1.82, 2.24) is 9.24 Å². The van der Waals surface area contributed by atoms with Crippen LogP contribution in [0.4, 0.5) is 11.4 Å². The standard InChI is InChI=1S/C37H38N5O4P/c1-5-41-32-12-8-6-10-29(32)30-24-28(18-19-33(30)41)47(40-20-22-46-23-21-40,38-36(43)26-14-16-27(17-15-26)42(44)45)25-35-37(2,3)31-11-7-9-13-34(31)39(35)4/h6-19,24-25H,5,20-23H2,1-4H3/b35-25+. The van der Waals surface area contributed by atoms with E-state index in [1.165, 1.54) is 35.3 Å². The summed E-state index contributed by atoms with van der Waals surface area (Å²) < 4.78 is 15.8. The van der Waals surface area contributed by atoms with Crippen molar-refractivity contribution in [3.8, 4) is 0 Å². The first-order chi connectivity index (χ1) is 22.7. The number of fused-ring (bicyclic) bond motifs is 4. The molecule has 1 fully saturated rings. The van der Waals surface area contributed by atoms with Gasteiger partial charge in [0.05, 0.1) is 25.3 Å². The van der Waals surface area contributed by atoms with Gasteiger partial charge in [0.25, 0.3) is 11.6 Å². The molecule has 4 aromatic carbocycles. The average Bonchev–Trinajstić information content (AvgIpc) is 3.52.